The van der Waals surface area contributed by atoms with Crippen molar-refractivity contribution in [3.8, 4) is 0 Å². The SMILES string of the molecule is CC1(C)CCN(C(=O)c2cnc3c(c2)CCCN3c2cc3c(cn2)C(=O)N(CC2COC2)C3)CC1. The average Bonchev–Trinajstić information content (AvgIpc) is 3.14. The molecule has 184 valence electrons. The third kappa shape index (κ3) is 4.18. The van der Waals surface area contributed by atoms with Crippen LogP contribution in [-0.2, 0) is 17.7 Å². The van der Waals surface area contributed by atoms with E-state index in [1.54, 1.807) is 12.4 Å². The number of rotatable bonds is 4. The largest absolute Gasteiger partial charge is 0.381 e. The molecule has 6 rings (SSSR count). The molecule has 0 bridgehead atoms. The van der Waals surface area contributed by atoms with Crippen molar-refractivity contribution in [3.63, 3.8) is 0 Å². The number of nitrogens with zero attached hydrogens (tertiary/aromatic N) is 5. The zero-order valence-electron chi connectivity index (χ0n) is 20.6. The van der Waals surface area contributed by atoms with Crippen LogP contribution in [0.3, 0.4) is 0 Å². The van der Waals surface area contributed by atoms with Crippen LogP contribution in [-0.4, -0.2) is 71.0 Å². The molecule has 2 fully saturated rings. The molecule has 6 heterocycles. The van der Waals surface area contributed by atoms with Crippen LogP contribution in [0.4, 0.5) is 11.6 Å². The molecule has 0 N–H and O–H groups in total. The molecule has 0 atom stereocenters. The van der Waals surface area contributed by atoms with Gasteiger partial charge in [-0.05, 0) is 54.4 Å². The lowest BCUT2D eigenvalue weighted by Crippen LogP contribution is -2.41. The van der Waals surface area contributed by atoms with Crippen molar-refractivity contribution in [2.75, 3.05) is 44.3 Å². The summed E-state index contributed by atoms with van der Waals surface area (Å²) in [5.41, 5.74) is 3.79. The van der Waals surface area contributed by atoms with Crippen molar-refractivity contribution in [1.82, 2.24) is 19.8 Å². The molecule has 2 amide bonds. The first-order chi connectivity index (χ1) is 16.9. The number of pyridine rings is 2. The van der Waals surface area contributed by atoms with Crippen LogP contribution in [0.1, 0.15) is 65.0 Å². The van der Waals surface area contributed by atoms with Crippen LogP contribution in [0.15, 0.2) is 24.5 Å². The van der Waals surface area contributed by atoms with Gasteiger partial charge in [0.15, 0.2) is 0 Å². The first-order valence-corrected chi connectivity index (χ1v) is 12.8. The van der Waals surface area contributed by atoms with Crippen molar-refractivity contribution in [2.45, 2.75) is 46.1 Å². The predicted molar refractivity (Wildman–Crippen MR) is 132 cm³/mol. The van der Waals surface area contributed by atoms with Gasteiger partial charge < -0.3 is 19.4 Å². The molecule has 4 aliphatic heterocycles. The number of likely N-dealkylation sites (tertiary alicyclic amines) is 1. The van der Waals surface area contributed by atoms with Crippen molar-refractivity contribution < 1.29 is 14.3 Å². The summed E-state index contributed by atoms with van der Waals surface area (Å²) >= 11 is 0. The highest BCUT2D eigenvalue weighted by Crippen LogP contribution is 2.35. The number of anilines is 2. The fourth-order valence-corrected chi connectivity index (χ4v) is 5.55. The van der Waals surface area contributed by atoms with Crippen LogP contribution in [0.25, 0.3) is 0 Å². The number of aryl methyl sites for hydroxylation is 1. The standard InChI is InChI=1S/C27H33N5O3/c1-27(2)5-8-30(9-6-27)25(33)20-10-19-4-3-7-32(24(19)29-12-20)23-11-21-15-31(14-18-16-35-17-18)26(34)22(21)13-28-23/h10-13,18H,3-9,14-17H2,1-2H3. The van der Waals surface area contributed by atoms with Gasteiger partial charge in [-0.1, -0.05) is 13.8 Å². The third-order valence-corrected chi connectivity index (χ3v) is 7.99. The van der Waals surface area contributed by atoms with Crippen LogP contribution in [0, 0.1) is 11.3 Å². The van der Waals surface area contributed by atoms with E-state index in [9.17, 15) is 9.59 Å². The highest BCUT2D eigenvalue weighted by Gasteiger charge is 2.33. The summed E-state index contributed by atoms with van der Waals surface area (Å²) in [7, 11) is 0. The number of piperidine rings is 1. The number of ether oxygens (including phenoxy) is 1. The molecule has 0 radical (unpaired) electrons. The maximum atomic E-state index is 13.2. The summed E-state index contributed by atoms with van der Waals surface area (Å²) in [5.74, 6) is 2.27. The lowest BCUT2D eigenvalue weighted by Gasteiger charge is -2.37. The monoisotopic (exact) mass is 475 g/mol. The Morgan fingerprint density at radius 2 is 1.89 bits per heavy atom. The molecular weight excluding hydrogens is 442 g/mol. The zero-order chi connectivity index (χ0) is 24.2. The molecule has 0 saturated carbocycles. The number of aromatic nitrogens is 2. The zero-order valence-corrected chi connectivity index (χ0v) is 20.6. The molecule has 2 saturated heterocycles. The van der Waals surface area contributed by atoms with Crippen molar-refractivity contribution in [2.24, 2.45) is 11.3 Å². The Kier molecular flexibility index (Phi) is 5.51. The van der Waals surface area contributed by atoms with Crippen LogP contribution in [0.5, 0.6) is 0 Å². The lowest BCUT2D eigenvalue weighted by atomic mass is 9.82. The number of hydrogen-bond acceptors (Lipinski definition) is 6. The lowest BCUT2D eigenvalue weighted by molar-refractivity contribution is -0.0433. The topological polar surface area (TPSA) is 78.9 Å². The van der Waals surface area contributed by atoms with Gasteiger partial charge in [-0.2, -0.15) is 0 Å². The second-order valence-corrected chi connectivity index (χ2v) is 11.2. The predicted octanol–water partition coefficient (Wildman–Crippen LogP) is 3.43. The van der Waals surface area contributed by atoms with E-state index in [4.69, 9.17) is 9.72 Å². The number of carbonyl (C=O) groups is 2. The van der Waals surface area contributed by atoms with Gasteiger partial charge in [0.1, 0.15) is 11.6 Å². The fraction of sp³-hybridized carbons (Fsp3) is 0.556. The third-order valence-electron chi connectivity index (χ3n) is 7.99. The van der Waals surface area contributed by atoms with E-state index in [1.165, 1.54) is 0 Å². The molecule has 0 aromatic carbocycles. The number of hydrogen-bond donors (Lipinski definition) is 0. The second kappa shape index (κ2) is 8.59. The van der Waals surface area contributed by atoms with Crippen molar-refractivity contribution >= 4 is 23.5 Å². The smallest absolute Gasteiger partial charge is 0.256 e. The minimum atomic E-state index is 0.0624. The van der Waals surface area contributed by atoms with E-state index in [0.29, 0.717) is 29.0 Å². The molecule has 4 aliphatic rings. The fourth-order valence-electron chi connectivity index (χ4n) is 5.55. The molecule has 0 aliphatic carbocycles. The molecule has 8 nitrogen and oxygen atoms in total. The second-order valence-electron chi connectivity index (χ2n) is 11.2. The first kappa shape index (κ1) is 22.5. The van der Waals surface area contributed by atoms with Gasteiger partial charge >= 0.3 is 0 Å². The van der Waals surface area contributed by atoms with E-state index in [2.05, 4.69) is 23.7 Å². The molecule has 8 heteroatoms. The maximum absolute atomic E-state index is 13.2. The van der Waals surface area contributed by atoms with Gasteiger partial charge in [0, 0.05) is 51.0 Å². The van der Waals surface area contributed by atoms with E-state index in [-0.39, 0.29) is 11.8 Å². The molecule has 0 unspecified atom stereocenters. The normalized spacial score (nSPS) is 21.5. The Morgan fingerprint density at radius 3 is 2.63 bits per heavy atom. The molecule has 2 aromatic heterocycles. The number of fused-ring (bicyclic) bond motifs is 2. The van der Waals surface area contributed by atoms with Crippen LogP contribution < -0.4 is 4.90 Å². The minimum Gasteiger partial charge on any atom is -0.381 e. The quantitative estimate of drug-likeness (QED) is 0.674. The van der Waals surface area contributed by atoms with E-state index < -0.39 is 0 Å². The summed E-state index contributed by atoms with van der Waals surface area (Å²) < 4.78 is 5.27. The van der Waals surface area contributed by atoms with Gasteiger partial charge in [0.05, 0.1) is 24.3 Å². The van der Waals surface area contributed by atoms with Gasteiger partial charge in [-0.25, -0.2) is 9.97 Å². The maximum Gasteiger partial charge on any atom is 0.256 e. The number of carbonyl (C=O) groups excluding carboxylic acids is 2. The summed E-state index contributed by atoms with van der Waals surface area (Å²) in [5, 5.41) is 0. The molecule has 0 spiro atoms. The van der Waals surface area contributed by atoms with Crippen molar-refractivity contribution in [3.05, 3.63) is 46.8 Å². The Morgan fingerprint density at radius 1 is 1.09 bits per heavy atom. The Labute approximate surface area is 206 Å². The summed E-state index contributed by atoms with van der Waals surface area (Å²) in [4.78, 5) is 41.4. The number of amides is 2. The first-order valence-electron chi connectivity index (χ1n) is 12.8. The van der Waals surface area contributed by atoms with E-state index in [0.717, 1.165) is 87.8 Å². The van der Waals surface area contributed by atoms with Crippen molar-refractivity contribution in [1.29, 1.82) is 0 Å². The Balaban J connectivity index is 1.21. The summed E-state index contributed by atoms with van der Waals surface area (Å²) in [6, 6.07) is 4.06. The van der Waals surface area contributed by atoms with Crippen LogP contribution in [0.2, 0.25) is 0 Å². The van der Waals surface area contributed by atoms with E-state index >= 15 is 0 Å². The Bertz CT molecular complexity index is 1170. The van der Waals surface area contributed by atoms with E-state index in [1.807, 2.05) is 21.9 Å². The summed E-state index contributed by atoms with van der Waals surface area (Å²) in [6.45, 7) is 9.80. The highest BCUT2D eigenvalue weighted by atomic mass is 16.5. The average molecular weight is 476 g/mol. The highest BCUT2D eigenvalue weighted by molar-refractivity contribution is 5.98. The molecule has 2 aromatic rings. The van der Waals surface area contributed by atoms with Crippen LogP contribution >= 0.6 is 0 Å². The van der Waals surface area contributed by atoms with Gasteiger partial charge in [-0.3, -0.25) is 9.59 Å². The van der Waals surface area contributed by atoms with Gasteiger partial charge in [0.2, 0.25) is 0 Å². The Hall–Kier alpha value is -3.00. The molecule has 35 heavy (non-hydrogen) atoms. The minimum absolute atomic E-state index is 0.0624. The molecular formula is C27H33N5O3. The summed E-state index contributed by atoms with van der Waals surface area (Å²) in [6.07, 6.45) is 7.36. The van der Waals surface area contributed by atoms with Gasteiger partial charge in [-0.15, -0.1) is 0 Å². The van der Waals surface area contributed by atoms with Gasteiger partial charge in [0.25, 0.3) is 11.8 Å².